The van der Waals surface area contributed by atoms with Gasteiger partial charge in [0.2, 0.25) is 5.91 Å². The molecule has 0 spiro atoms. The quantitative estimate of drug-likeness (QED) is 0.907. The summed E-state index contributed by atoms with van der Waals surface area (Å²) in [6.45, 7) is 5.18. The van der Waals surface area contributed by atoms with Gasteiger partial charge in [-0.1, -0.05) is 17.7 Å². The number of pyridine rings is 1. The van der Waals surface area contributed by atoms with Crippen LogP contribution in [0.2, 0.25) is 5.02 Å². The molecule has 2 aromatic heterocycles. The minimum absolute atomic E-state index is 0.0352. The molecule has 2 aromatic rings. The second kappa shape index (κ2) is 7.54. The SMILES string of the molecule is Cc1nn(CC(=O)N2CCC([C@@H](O)c3ccccn3)CC2)c(C)c1Cl. The number of carbonyl (C=O) groups is 1. The molecule has 0 radical (unpaired) electrons. The summed E-state index contributed by atoms with van der Waals surface area (Å²) in [6, 6.07) is 5.56. The minimum atomic E-state index is -0.576. The van der Waals surface area contributed by atoms with Gasteiger partial charge < -0.3 is 10.0 Å². The van der Waals surface area contributed by atoms with Crippen LogP contribution in [0.15, 0.2) is 24.4 Å². The third kappa shape index (κ3) is 3.85. The standard InChI is InChI=1S/C18H23ClN4O2/c1-12-17(19)13(2)23(21-12)11-16(24)22-9-6-14(7-10-22)18(25)15-5-3-4-8-20-15/h3-5,8,14,18,25H,6-7,9-11H2,1-2H3/t18-/m1/s1. The predicted molar refractivity (Wildman–Crippen MR) is 95.2 cm³/mol. The van der Waals surface area contributed by atoms with Crippen LogP contribution in [-0.4, -0.2) is 43.8 Å². The number of aryl methyl sites for hydroxylation is 1. The maximum atomic E-state index is 12.5. The number of hydrogen-bond donors (Lipinski definition) is 1. The Morgan fingerprint density at radius 2 is 2.08 bits per heavy atom. The maximum absolute atomic E-state index is 12.5. The van der Waals surface area contributed by atoms with Crippen LogP contribution in [0.5, 0.6) is 0 Å². The lowest BCUT2D eigenvalue weighted by molar-refractivity contribution is -0.134. The van der Waals surface area contributed by atoms with Crippen LogP contribution < -0.4 is 0 Å². The number of rotatable bonds is 4. The van der Waals surface area contributed by atoms with E-state index >= 15 is 0 Å². The summed E-state index contributed by atoms with van der Waals surface area (Å²) in [5, 5.41) is 15.4. The fourth-order valence-electron chi connectivity index (χ4n) is 3.31. The third-order valence-electron chi connectivity index (χ3n) is 4.91. The van der Waals surface area contributed by atoms with Crippen LogP contribution in [0.3, 0.4) is 0 Å². The van der Waals surface area contributed by atoms with Gasteiger partial charge in [-0.3, -0.25) is 14.5 Å². The van der Waals surface area contributed by atoms with Crippen molar-refractivity contribution in [3.05, 3.63) is 46.5 Å². The Hall–Kier alpha value is -1.92. The molecule has 6 nitrogen and oxygen atoms in total. The second-order valence-electron chi connectivity index (χ2n) is 6.56. The Kier molecular flexibility index (Phi) is 5.39. The predicted octanol–water partition coefficient (Wildman–Crippen LogP) is 2.52. The van der Waals surface area contributed by atoms with Crippen LogP contribution in [0.25, 0.3) is 0 Å². The van der Waals surface area contributed by atoms with E-state index in [4.69, 9.17) is 11.6 Å². The molecule has 0 aliphatic carbocycles. The summed E-state index contributed by atoms with van der Waals surface area (Å²) in [6.07, 6.45) is 2.65. The Balaban J connectivity index is 1.56. The van der Waals surface area contributed by atoms with Crippen molar-refractivity contribution in [2.75, 3.05) is 13.1 Å². The smallest absolute Gasteiger partial charge is 0.244 e. The van der Waals surface area contributed by atoms with Gasteiger partial charge in [0.1, 0.15) is 6.54 Å². The number of hydrogen-bond acceptors (Lipinski definition) is 4. The summed E-state index contributed by atoms with van der Waals surface area (Å²) in [7, 11) is 0. The molecule has 3 heterocycles. The lowest BCUT2D eigenvalue weighted by atomic mass is 9.89. The molecule has 134 valence electrons. The van der Waals surface area contributed by atoms with Crippen molar-refractivity contribution < 1.29 is 9.90 Å². The Morgan fingerprint density at radius 1 is 1.36 bits per heavy atom. The third-order valence-corrected chi connectivity index (χ3v) is 5.45. The number of halogens is 1. The van der Waals surface area contributed by atoms with Crippen LogP contribution in [0.4, 0.5) is 0 Å². The van der Waals surface area contributed by atoms with E-state index in [0.29, 0.717) is 23.8 Å². The van der Waals surface area contributed by atoms with Gasteiger partial charge in [0.05, 0.1) is 28.2 Å². The highest BCUT2D eigenvalue weighted by Gasteiger charge is 2.29. The summed E-state index contributed by atoms with van der Waals surface area (Å²) >= 11 is 6.14. The topological polar surface area (TPSA) is 71.2 Å². The Morgan fingerprint density at radius 3 is 2.64 bits per heavy atom. The Bertz CT molecular complexity index is 739. The van der Waals surface area contributed by atoms with Crippen molar-refractivity contribution in [2.24, 2.45) is 5.92 Å². The van der Waals surface area contributed by atoms with Gasteiger partial charge in [0, 0.05) is 19.3 Å². The number of amides is 1. The molecule has 7 heteroatoms. The van der Waals surface area contributed by atoms with Gasteiger partial charge in [-0.2, -0.15) is 5.10 Å². The molecule has 1 amide bonds. The molecule has 25 heavy (non-hydrogen) atoms. The fraction of sp³-hybridized carbons (Fsp3) is 0.500. The summed E-state index contributed by atoms with van der Waals surface area (Å²) in [4.78, 5) is 18.6. The number of likely N-dealkylation sites (tertiary alicyclic amines) is 1. The van der Waals surface area contributed by atoms with E-state index < -0.39 is 6.10 Å². The molecule has 1 fully saturated rings. The normalized spacial score (nSPS) is 16.9. The fourth-order valence-corrected chi connectivity index (χ4v) is 3.45. The van der Waals surface area contributed by atoms with Gasteiger partial charge in [-0.15, -0.1) is 0 Å². The summed E-state index contributed by atoms with van der Waals surface area (Å²) < 4.78 is 1.66. The minimum Gasteiger partial charge on any atom is -0.387 e. The van der Waals surface area contributed by atoms with Crippen molar-refractivity contribution in [1.82, 2.24) is 19.7 Å². The van der Waals surface area contributed by atoms with Gasteiger partial charge in [0.15, 0.2) is 0 Å². The molecule has 1 aliphatic heterocycles. The average molecular weight is 363 g/mol. The highest BCUT2D eigenvalue weighted by molar-refractivity contribution is 6.31. The molecular formula is C18H23ClN4O2. The maximum Gasteiger partial charge on any atom is 0.244 e. The van der Waals surface area contributed by atoms with Crippen LogP contribution in [-0.2, 0) is 11.3 Å². The van der Waals surface area contributed by atoms with Crippen molar-refractivity contribution in [2.45, 2.75) is 39.3 Å². The molecule has 1 N–H and O–H groups in total. The molecule has 0 aromatic carbocycles. The highest BCUT2D eigenvalue weighted by Crippen LogP contribution is 2.29. The van der Waals surface area contributed by atoms with Crippen molar-refractivity contribution in [3.8, 4) is 0 Å². The zero-order chi connectivity index (χ0) is 18.0. The van der Waals surface area contributed by atoms with E-state index in [1.807, 2.05) is 36.9 Å². The van der Waals surface area contributed by atoms with Gasteiger partial charge >= 0.3 is 0 Å². The number of nitrogens with zero attached hydrogens (tertiary/aromatic N) is 4. The number of piperidine rings is 1. The molecule has 3 rings (SSSR count). The summed E-state index contributed by atoms with van der Waals surface area (Å²) in [5.41, 5.74) is 2.25. The van der Waals surface area contributed by atoms with Crippen molar-refractivity contribution in [1.29, 1.82) is 0 Å². The lowest BCUT2D eigenvalue weighted by Crippen LogP contribution is -2.41. The first-order valence-corrected chi connectivity index (χ1v) is 8.91. The zero-order valence-electron chi connectivity index (χ0n) is 14.5. The molecule has 1 atom stereocenters. The first kappa shape index (κ1) is 17.9. The van der Waals surface area contributed by atoms with Gasteiger partial charge in [-0.05, 0) is 44.7 Å². The molecule has 0 saturated carbocycles. The average Bonchev–Trinajstić information content (AvgIpc) is 2.88. The number of carbonyl (C=O) groups excluding carboxylic acids is 1. The highest BCUT2D eigenvalue weighted by atomic mass is 35.5. The molecule has 1 aliphatic rings. The van der Waals surface area contributed by atoms with E-state index in [9.17, 15) is 9.90 Å². The van der Waals surface area contributed by atoms with E-state index in [1.54, 1.807) is 10.9 Å². The van der Waals surface area contributed by atoms with Gasteiger partial charge in [0.25, 0.3) is 0 Å². The number of aliphatic hydroxyl groups excluding tert-OH is 1. The first-order valence-electron chi connectivity index (χ1n) is 8.53. The van der Waals surface area contributed by atoms with E-state index in [2.05, 4.69) is 10.1 Å². The van der Waals surface area contributed by atoms with E-state index in [-0.39, 0.29) is 18.4 Å². The molecule has 0 bridgehead atoms. The van der Waals surface area contributed by atoms with E-state index in [0.717, 1.165) is 24.2 Å². The van der Waals surface area contributed by atoms with Crippen molar-refractivity contribution in [3.63, 3.8) is 0 Å². The molecule has 1 saturated heterocycles. The first-order chi connectivity index (χ1) is 12.0. The van der Waals surface area contributed by atoms with Gasteiger partial charge in [-0.25, -0.2) is 0 Å². The zero-order valence-corrected chi connectivity index (χ0v) is 15.3. The van der Waals surface area contributed by atoms with Crippen LogP contribution in [0.1, 0.15) is 36.0 Å². The Labute approximate surface area is 152 Å². The lowest BCUT2D eigenvalue weighted by Gasteiger charge is -2.34. The summed E-state index contributed by atoms with van der Waals surface area (Å²) in [5.74, 6) is 0.162. The number of aliphatic hydroxyl groups is 1. The molecule has 0 unspecified atom stereocenters. The van der Waals surface area contributed by atoms with Crippen LogP contribution >= 0.6 is 11.6 Å². The monoisotopic (exact) mass is 362 g/mol. The second-order valence-corrected chi connectivity index (χ2v) is 6.94. The largest absolute Gasteiger partial charge is 0.387 e. The number of aromatic nitrogens is 3. The van der Waals surface area contributed by atoms with Crippen molar-refractivity contribution >= 4 is 17.5 Å². The van der Waals surface area contributed by atoms with Crippen LogP contribution in [0, 0.1) is 19.8 Å². The molecular weight excluding hydrogens is 340 g/mol. The van der Waals surface area contributed by atoms with E-state index in [1.165, 1.54) is 0 Å².